The third-order valence-corrected chi connectivity index (χ3v) is 0.851. The predicted octanol–water partition coefficient (Wildman–Crippen LogP) is -0.613. The van der Waals surface area contributed by atoms with Gasteiger partial charge in [0.1, 0.15) is 10.0 Å². The predicted molar refractivity (Wildman–Crippen MR) is 35.2 cm³/mol. The Balaban J connectivity index is 4.30. The van der Waals surface area contributed by atoms with Gasteiger partial charge in [-0.2, -0.15) is 5.01 Å². The van der Waals surface area contributed by atoms with Gasteiger partial charge in [-0.3, -0.25) is 0 Å². The first-order valence-corrected chi connectivity index (χ1v) is 2.72. The largest absolute Gasteiger partial charge is 0.391 e. The van der Waals surface area contributed by atoms with Crippen LogP contribution in [0.4, 0.5) is 0 Å². The second-order valence-corrected chi connectivity index (χ2v) is 1.51. The molecule has 0 unspecified atom stereocenters. The highest BCUT2D eigenvalue weighted by Gasteiger charge is 2.11. The van der Waals surface area contributed by atoms with E-state index in [0.717, 1.165) is 0 Å². The third-order valence-electron chi connectivity index (χ3n) is 0.851. The molecule has 3 N–H and O–H groups in total. The van der Waals surface area contributed by atoms with Crippen molar-refractivity contribution in [1.29, 1.82) is 0 Å². The lowest BCUT2D eigenvalue weighted by molar-refractivity contribution is -0.796. The van der Waals surface area contributed by atoms with Crippen LogP contribution >= 0.6 is 0 Å². The summed E-state index contributed by atoms with van der Waals surface area (Å²) < 4.78 is 0. The number of guanidine groups is 1. The molecule has 8 heteroatoms. The van der Waals surface area contributed by atoms with Crippen LogP contribution in [0.25, 0.3) is 0 Å². The van der Waals surface area contributed by atoms with Gasteiger partial charge >= 0.3 is 5.03 Å². The standard InChI is InChI=1S/C3H8N5O3/c1-2-7(6-9)3(4)5-8(10)11/h2H2,1H3,(H2,4,5)(H,10,11)/q+1. The van der Waals surface area contributed by atoms with Crippen LogP contribution in [0.15, 0.2) is 10.4 Å². The van der Waals surface area contributed by atoms with Crippen molar-refractivity contribution in [1.82, 2.24) is 5.01 Å². The number of hydrogen-bond acceptors (Lipinski definition) is 3. The number of nitrogens with two attached hydrogens (primary N) is 1. The molecule has 8 nitrogen and oxygen atoms in total. The number of nitrogens with zero attached hydrogens (tertiary/aromatic N) is 4. The molecule has 0 bridgehead atoms. The lowest BCUT2D eigenvalue weighted by atomic mass is 10.7. The van der Waals surface area contributed by atoms with E-state index in [1.54, 1.807) is 6.92 Å². The minimum atomic E-state index is -0.747. The molecule has 0 rings (SSSR count). The Hall–Kier alpha value is -1.73. The molecule has 0 radical (unpaired) electrons. The summed E-state index contributed by atoms with van der Waals surface area (Å²) in [5.41, 5.74) is 5.02. The Morgan fingerprint density at radius 2 is 2.36 bits per heavy atom. The van der Waals surface area contributed by atoms with Gasteiger partial charge in [-0.25, -0.2) is 5.21 Å². The van der Waals surface area contributed by atoms with E-state index in [1.807, 2.05) is 0 Å². The quantitative estimate of drug-likeness (QED) is 0.249. The number of rotatable bonds is 3. The molecule has 0 saturated carbocycles. The zero-order valence-corrected chi connectivity index (χ0v) is 5.84. The molecule has 62 valence electrons. The normalized spacial score (nSPS) is 10.8. The van der Waals surface area contributed by atoms with Gasteiger partial charge in [0, 0.05) is 6.54 Å². The van der Waals surface area contributed by atoms with Crippen molar-refractivity contribution in [3.8, 4) is 0 Å². The SMILES string of the molecule is CCN(N=O)/C(N)=N/[N+](=O)O. The van der Waals surface area contributed by atoms with Crippen molar-refractivity contribution >= 4 is 5.96 Å². The van der Waals surface area contributed by atoms with Gasteiger partial charge in [0.05, 0.1) is 5.29 Å². The van der Waals surface area contributed by atoms with Crippen molar-refractivity contribution in [2.75, 3.05) is 6.54 Å². The Labute approximate surface area is 61.8 Å². The second kappa shape index (κ2) is 4.14. The van der Waals surface area contributed by atoms with E-state index in [4.69, 9.17) is 10.9 Å². The molecule has 0 spiro atoms. The highest BCUT2D eigenvalue weighted by atomic mass is 16.7. The smallest absolute Gasteiger partial charge is 0.363 e. The van der Waals surface area contributed by atoms with Crippen LogP contribution in [-0.4, -0.2) is 27.8 Å². The first-order valence-electron chi connectivity index (χ1n) is 2.72. The summed E-state index contributed by atoms with van der Waals surface area (Å²) in [6, 6.07) is 0. The molecule has 0 aliphatic carbocycles. The minimum absolute atomic E-state index is 0.173. The molecule has 0 heterocycles. The first-order chi connectivity index (χ1) is 5.11. The van der Waals surface area contributed by atoms with Crippen molar-refractivity contribution in [2.24, 2.45) is 16.1 Å². The molecule has 11 heavy (non-hydrogen) atoms. The minimum Gasteiger partial charge on any atom is -0.363 e. The first kappa shape index (κ1) is 9.27. The molecule has 0 aromatic carbocycles. The van der Waals surface area contributed by atoms with Gasteiger partial charge in [-0.05, 0) is 6.92 Å². The van der Waals surface area contributed by atoms with E-state index in [1.165, 1.54) is 0 Å². The number of nitroso groups, excluding NO2 is 1. The Morgan fingerprint density at radius 1 is 1.82 bits per heavy atom. The zero-order valence-electron chi connectivity index (χ0n) is 5.84. The Morgan fingerprint density at radius 3 is 2.64 bits per heavy atom. The highest BCUT2D eigenvalue weighted by molar-refractivity contribution is 5.76. The van der Waals surface area contributed by atoms with Crippen LogP contribution in [0.1, 0.15) is 6.92 Å². The van der Waals surface area contributed by atoms with E-state index in [0.29, 0.717) is 5.01 Å². The fourth-order valence-corrected chi connectivity index (χ4v) is 0.401. The maximum atomic E-state index is 9.87. The molecule has 0 fully saturated rings. The van der Waals surface area contributed by atoms with Gasteiger partial charge in [0.15, 0.2) is 0 Å². The third kappa shape index (κ3) is 3.08. The molecule has 0 aromatic heterocycles. The summed E-state index contributed by atoms with van der Waals surface area (Å²) in [7, 11) is 0. The lowest BCUT2D eigenvalue weighted by Crippen LogP contribution is -2.33. The lowest BCUT2D eigenvalue weighted by Gasteiger charge is -2.05. The van der Waals surface area contributed by atoms with Gasteiger partial charge in [0.25, 0.3) is 5.96 Å². The van der Waals surface area contributed by atoms with Crippen LogP contribution in [0.5, 0.6) is 0 Å². The summed E-state index contributed by atoms with van der Waals surface area (Å²) in [4.78, 5) is 19.7. The average Bonchev–Trinajstić information content (AvgIpc) is 1.88. The van der Waals surface area contributed by atoms with E-state index < -0.39 is 11.0 Å². The van der Waals surface area contributed by atoms with Crippen molar-refractivity contribution in [3.05, 3.63) is 9.81 Å². The summed E-state index contributed by atoms with van der Waals surface area (Å²) in [6.07, 6.45) is 0. The Bertz CT molecular complexity index is 189. The molecule has 0 atom stereocenters. The molecule has 0 aromatic rings. The monoisotopic (exact) mass is 162 g/mol. The van der Waals surface area contributed by atoms with Crippen LogP contribution < -0.4 is 5.73 Å². The van der Waals surface area contributed by atoms with E-state index in [2.05, 4.69) is 10.4 Å². The second-order valence-electron chi connectivity index (χ2n) is 1.51. The maximum absolute atomic E-state index is 9.87. The van der Waals surface area contributed by atoms with Gasteiger partial charge < -0.3 is 5.73 Å². The van der Waals surface area contributed by atoms with Crippen molar-refractivity contribution in [2.45, 2.75) is 6.92 Å². The van der Waals surface area contributed by atoms with Gasteiger partial charge in [0.2, 0.25) is 0 Å². The van der Waals surface area contributed by atoms with E-state index in [9.17, 15) is 9.81 Å². The average molecular weight is 162 g/mol. The van der Waals surface area contributed by atoms with Gasteiger partial charge in [-0.15, -0.1) is 4.91 Å². The van der Waals surface area contributed by atoms with Crippen LogP contribution in [-0.2, 0) is 0 Å². The molecule has 0 saturated heterocycles. The zero-order chi connectivity index (χ0) is 8.85. The molecule has 0 aliphatic rings. The molecule has 0 amide bonds. The number of hydrogen-bond donors (Lipinski definition) is 2. The number of hydrazone groups is 1. The molecular formula is C3H8N5O3+. The topological polar surface area (TPSA) is 111 Å². The fourth-order valence-electron chi connectivity index (χ4n) is 0.401. The molecule has 0 aliphatic heterocycles. The summed E-state index contributed by atoms with van der Waals surface area (Å²) >= 11 is 0. The van der Waals surface area contributed by atoms with Crippen LogP contribution in [0.2, 0.25) is 0 Å². The van der Waals surface area contributed by atoms with E-state index in [-0.39, 0.29) is 6.54 Å². The van der Waals surface area contributed by atoms with Crippen molar-refractivity contribution < 1.29 is 10.2 Å². The van der Waals surface area contributed by atoms with Crippen molar-refractivity contribution in [3.63, 3.8) is 0 Å². The maximum Gasteiger partial charge on any atom is 0.391 e. The summed E-state index contributed by atoms with van der Waals surface area (Å²) in [6.45, 7) is 1.75. The Kier molecular flexibility index (Phi) is 3.49. The highest BCUT2D eigenvalue weighted by Crippen LogP contribution is 1.86. The van der Waals surface area contributed by atoms with E-state index >= 15 is 0 Å². The van der Waals surface area contributed by atoms with Gasteiger partial charge in [-0.1, -0.05) is 0 Å². The molecular weight excluding hydrogens is 154 g/mol. The fraction of sp³-hybridized carbons (Fsp3) is 0.667. The summed E-state index contributed by atoms with van der Waals surface area (Å²) in [5.74, 6) is -0.458. The van der Waals surface area contributed by atoms with Crippen LogP contribution in [0.3, 0.4) is 0 Å². The summed E-state index contributed by atoms with van der Waals surface area (Å²) in [5, 5.41) is 13.2. The van der Waals surface area contributed by atoms with Crippen LogP contribution in [0, 0.1) is 9.81 Å².